The lowest BCUT2D eigenvalue weighted by atomic mass is 10.1. The number of pyridine rings is 1. The van der Waals surface area contributed by atoms with Crippen LogP contribution in [-0.2, 0) is 0 Å². The number of hydrogen-bond donors (Lipinski definition) is 0. The van der Waals surface area contributed by atoms with Gasteiger partial charge in [0.2, 0.25) is 0 Å². The van der Waals surface area contributed by atoms with Gasteiger partial charge in [0.1, 0.15) is 0 Å². The minimum Gasteiger partial charge on any atom is -0.377 e. The lowest BCUT2D eigenvalue weighted by Gasteiger charge is -2.14. The van der Waals surface area contributed by atoms with Crippen molar-refractivity contribution in [1.29, 1.82) is 0 Å². The quantitative estimate of drug-likeness (QED) is 0.680. The number of rotatable bonds is 1. The van der Waals surface area contributed by atoms with E-state index in [0.717, 1.165) is 11.2 Å². The molecule has 0 amide bonds. The molecule has 0 atom stereocenters. The van der Waals surface area contributed by atoms with Gasteiger partial charge in [0.05, 0.1) is 5.52 Å². The van der Waals surface area contributed by atoms with E-state index in [0.29, 0.717) is 0 Å². The van der Waals surface area contributed by atoms with E-state index in [1.807, 2.05) is 13.0 Å². The van der Waals surface area contributed by atoms with Crippen LogP contribution < -0.4 is 4.90 Å². The summed E-state index contributed by atoms with van der Waals surface area (Å²) >= 11 is 0. The van der Waals surface area contributed by atoms with E-state index in [1.165, 1.54) is 11.1 Å². The van der Waals surface area contributed by atoms with E-state index in [-0.39, 0.29) is 0 Å². The molecule has 0 radical (unpaired) electrons. The molecular formula is C12H14N2. The Hall–Kier alpha value is -1.57. The summed E-state index contributed by atoms with van der Waals surface area (Å²) in [6, 6.07) is 10.4. The molecule has 2 aromatic rings. The zero-order valence-electron chi connectivity index (χ0n) is 8.78. The highest BCUT2D eigenvalue weighted by atomic mass is 15.1. The smallest absolute Gasteiger partial charge is 0.0726 e. The Bertz CT molecular complexity index is 461. The highest BCUT2D eigenvalue weighted by molar-refractivity contribution is 5.91. The molecule has 1 heterocycles. The summed E-state index contributed by atoms with van der Waals surface area (Å²) in [5, 5.41) is 1.21. The summed E-state index contributed by atoms with van der Waals surface area (Å²) in [6.07, 6.45) is 0. The van der Waals surface area contributed by atoms with E-state index in [2.05, 4.69) is 48.2 Å². The topological polar surface area (TPSA) is 16.1 Å². The highest BCUT2D eigenvalue weighted by Gasteiger charge is 2.02. The summed E-state index contributed by atoms with van der Waals surface area (Å²) in [5.41, 5.74) is 3.35. The van der Waals surface area contributed by atoms with Gasteiger partial charge in [-0.05, 0) is 31.2 Å². The molecule has 0 N–H and O–H groups in total. The minimum absolute atomic E-state index is 1.06. The second kappa shape index (κ2) is 3.29. The molecule has 0 saturated carbocycles. The summed E-state index contributed by atoms with van der Waals surface area (Å²) in [4.78, 5) is 6.60. The monoisotopic (exact) mass is 186 g/mol. The van der Waals surface area contributed by atoms with E-state index < -0.39 is 0 Å². The largest absolute Gasteiger partial charge is 0.377 e. The Labute approximate surface area is 84.2 Å². The standard InChI is InChI=1S/C12H14N2/c1-9-7-8-10-11(13-9)5-4-6-12(10)14(2)3/h4-8H,1-3H3. The first-order chi connectivity index (χ1) is 6.68. The van der Waals surface area contributed by atoms with Gasteiger partial charge in [0.15, 0.2) is 0 Å². The molecule has 1 aromatic heterocycles. The summed E-state index contributed by atoms with van der Waals surface area (Å²) < 4.78 is 0. The van der Waals surface area contributed by atoms with Gasteiger partial charge >= 0.3 is 0 Å². The van der Waals surface area contributed by atoms with Gasteiger partial charge in [-0.3, -0.25) is 4.98 Å². The fourth-order valence-corrected chi connectivity index (χ4v) is 1.63. The highest BCUT2D eigenvalue weighted by Crippen LogP contribution is 2.23. The molecule has 0 fully saturated rings. The van der Waals surface area contributed by atoms with Crippen LogP contribution in [0.2, 0.25) is 0 Å². The van der Waals surface area contributed by atoms with Gasteiger partial charge in [-0.1, -0.05) is 6.07 Å². The van der Waals surface area contributed by atoms with Crippen molar-refractivity contribution < 1.29 is 0 Å². The van der Waals surface area contributed by atoms with Crippen LogP contribution in [0.25, 0.3) is 10.9 Å². The molecule has 0 aliphatic heterocycles. The van der Waals surface area contributed by atoms with Crippen molar-refractivity contribution in [2.24, 2.45) is 0 Å². The molecule has 2 heteroatoms. The van der Waals surface area contributed by atoms with Crippen molar-refractivity contribution in [3.8, 4) is 0 Å². The van der Waals surface area contributed by atoms with Crippen LogP contribution in [0.3, 0.4) is 0 Å². The molecular weight excluding hydrogens is 172 g/mol. The number of aromatic nitrogens is 1. The molecule has 0 unspecified atom stereocenters. The van der Waals surface area contributed by atoms with E-state index in [1.54, 1.807) is 0 Å². The molecule has 0 aliphatic carbocycles. The maximum atomic E-state index is 4.49. The second-order valence-corrected chi connectivity index (χ2v) is 3.69. The van der Waals surface area contributed by atoms with Crippen LogP contribution in [0.5, 0.6) is 0 Å². The number of anilines is 1. The van der Waals surface area contributed by atoms with Gasteiger partial charge in [-0.25, -0.2) is 0 Å². The number of benzene rings is 1. The van der Waals surface area contributed by atoms with E-state index in [9.17, 15) is 0 Å². The van der Waals surface area contributed by atoms with Crippen LogP contribution in [0.4, 0.5) is 5.69 Å². The lowest BCUT2D eigenvalue weighted by molar-refractivity contribution is 1.14. The second-order valence-electron chi connectivity index (χ2n) is 3.69. The van der Waals surface area contributed by atoms with Crippen molar-refractivity contribution in [2.45, 2.75) is 6.92 Å². The Morgan fingerprint density at radius 1 is 1.07 bits per heavy atom. The zero-order valence-corrected chi connectivity index (χ0v) is 8.78. The average Bonchev–Trinajstić information content (AvgIpc) is 2.16. The van der Waals surface area contributed by atoms with Gasteiger partial charge in [0.25, 0.3) is 0 Å². The van der Waals surface area contributed by atoms with Gasteiger partial charge in [-0.15, -0.1) is 0 Å². The summed E-state index contributed by atoms with van der Waals surface area (Å²) in [6.45, 7) is 2.02. The van der Waals surface area contributed by atoms with Gasteiger partial charge in [-0.2, -0.15) is 0 Å². The van der Waals surface area contributed by atoms with Crippen molar-refractivity contribution >= 4 is 16.6 Å². The normalized spacial score (nSPS) is 10.5. The van der Waals surface area contributed by atoms with Crippen molar-refractivity contribution in [1.82, 2.24) is 4.98 Å². The van der Waals surface area contributed by atoms with Crippen LogP contribution in [0.15, 0.2) is 30.3 Å². The molecule has 1 aromatic carbocycles. The molecule has 0 bridgehead atoms. The predicted octanol–water partition coefficient (Wildman–Crippen LogP) is 2.61. The molecule has 14 heavy (non-hydrogen) atoms. The molecule has 2 nitrogen and oxygen atoms in total. The number of nitrogens with zero attached hydrogens (tertiary/aromatic N) is 2. The fourth-order valence-electron chi connectivity index (χ4n) is 1.63. The number of fused-ring (bicyclic) bond motifs is 1. The van der Waals surface area contributed by atoms with Gasteiger partial charge in [0, 0.05) is 30.9 Å². The number of hydrogen-bond acceptors (Lipinski definition) is 2. The van der Waals surface area contributed by atoms with E-state index in [4.69, 9.17) is 0 Å². The summed E-state index contributed by atoms with van der Waals surface area (Å²) in [5.74, 6) is 0. The van der Waals surface area contributed by atoms with Crippen molar-refractivity contribution in [3.63, 3.8) is 0 Å². The Kier molecular flexibility index (Phi) is 2.12. The first-order valence-corrected chi connectivity index (χ1v) is 4.72. The predicted molar refractivity (Wildman–Crippen MR) is 60.8 cm³/mol. The third-order valence-corrected chi connectivity index (χ3v) is 2.33. The molecule has 2 rings (SSSR count). The Balaban J connectivity index is 2.75. The van der Waals surface area contributed by atoms with Crippen LogP contribution in [0.1, 0.15) is 5.69 Å². The van der Waals surface area contributed by atoms with Crippen LogP contribution in [0, 0.1) is 6.92 Å². The SMILES string of the molecule is Cc1ccc2c(N(C)C)cccc2n1. The zero-order chi connectivity index (χ0) is 10.1. The molecule has 0 spiro atoms. The third-order valence-electron chi connectivity index (χ3n) is 2.33. The minimum atomic E-state index is 1.06. The maximum absolute atomic E-state index is 4.49. The first kappa shape index (κ1) is 9.00. The number of aryl methyl sites for hydroxylation is 1. The Morgan fingerprint density at radius 2 is 1.86 bits per heavy atom. The maximum Gasteiger partial charge on any atom is 0.0726 e. The first-order valence-electron chi connectivity index (χ1n) is 4.72. The van der Waals surface area contributed by atoms with Crippen LogP contribution >= 0.6 is 0 Å². The molecule has 72 valence electrons. The van der Waals surface area contributed by atoms with Crippen molar-refractivity contribution in [3.05, 3.63) is 36.0 Å². The van der Waals surface area contributed by atoms with Gasteiger partial charge < -0.3 is 4.90 Å². The molecule has 0 saturated heterocycles. The third kappa shape index (κ3) is 1.43. The lowest BCUT2D eigenvalue weighted by Crippen LogP contribution is -2.09. The fraction of sp³-hybridized carbons (Fsp3) is 0.250. The van der Waals surface area contributed by atoms with Crippen molar-refractivity contribution in [2.75, 3.05) is 19.0 Å². The van der Waals surface area contributed by atoms with E-state index >= 15 is 0 Å². The Morgan fingerprint density at radius 3 is 2.57 bits per heavy atom. The summed E-state index contributed by atoms with van der Waals surface area (Å²) in [7, 11) is 4.10. The van der Waals surface area contributed by atoms with Crippen LogP contribution in [-0.4, -0.2) is 19.1 Å². The average molecular weight is 186 g/mol. The molecule has 0 aliphatic rings.